The third-order valence-electron chi connectivity index (χ3n) is 3.40. The lowest BCUT2D eigenvalue weighted by molar-refractivity contribution is 0.392. The maximum atomic E-state index is 5.65. The van der Waals surface area contributed by atoms with Crippen molar-refractivity contribution in [3.63, 3.8) is 0 Å². The van der Waals surface area contributed by atoms with E-state index in [1.807, 2.05) is 12.1 Å². The zero-order valence-electron chi connectivity index (χ0n) is 11.4. The van der Waals surface area contributed by atoms with Gasteiger partial charge in [0.05, 0.1) is 0 Å². The van der Waals surface area contributed by atoms with E-state index in [0.29, 0.717) is 0 Å². The fourth-order valence-corrected chi connectivity index (χ4v) is 1.67. The highest BCUT2D eigenvalue weighted by Crippen LogP contribution is 2.08. The van der Waals surface area contributed by atoms with Gasteiger partial charge >= 0.3 is 0 Å². The number of rotatable bonds is 7. The van der Waals surface area contributed by atoms with Crippen molar-refractivity contribution in [3.8, 4) is 0 Å². The van der Waals surface area contributed by atoms with Gasteiger partial charge in [0, 0.05) is 5.69 Å². The van der Waals surface area contributed by atoms with E-state index in [-0.39, 0.29) is 0 Å². The fraction of sp³-hybridized carbons (Fsp3) is 0.600. The Morgan fingerprint density at radius 2 is 1.76 bits per heavy atom. The van der Waals surface area contributed by atoms with Gasteiger partial charge < -0.3 is 11.1 Å². The Labute approximate surface area is 106 Å². The normalized spacial score (nSPS) is 12.9. The number of hydrogen-bond donors (Lipinski definition) is 2. The largest absolute Gasteiger partial charge is 0.399 e. The van der Waals surface area contributed by atoms with E-state index < -0.39 is 0 Å². The minimum absolute atomic E-state index is 0.756. The standard InChI is InChI=1S/C15H26N2/c1-12(2)13(3)11-17-10-4-5-14-6-8-15(16)9-7-14/h6-9,12-13,17H,4-5,10-11,16H2,1-3H3. The molecule has 0 amide bonds. The van der Waals surface area contributed by atoms with Crippen molar-refractivity contribution in [2.75, 3.05) is 18.8 Å². The minimum atomic E-state index is 0.756. The van der Waals surface area contributed by atoms with Crippen LogP contribution in [0.4, 0.5) is 5.69 Å². The highest BCUT2D eigenvalue weighted by Gasteiger charge is 2.05. The van der Waals surface area contributed by atoms with Crippen LogP contribution in [-0.4, -0.2) is 13.1 Å². The predicted octanol–water partition coefficient (Wildman–Crippen LogP) is 3.08. The molecule has 1 aromatic carbocycles. The Kier molecular flexibility index (Phi) is 6.06. The van der Waals surface area contributed by atoms with Gasteiger partial charge in [0.25, 0.3) is 0 Å². The Morgan fingerprint density at radius 3 is 2.35 bits per heavy atom. The number of aryl methyl sites for hydroxylation is 1. The highest BCUT2D eigenvalue weighted by atomic mass is 14.8. The molecule has 2 heteroatoms. The van der Waals surface area contributed by atoms with Crippen molar-refractivity contribution in [2.24, 2.45) is 11.8 Å². The third kappa shape index (κ3) is 5.73. The first kappa shape index (κ1) is 14.0. The molecule has 1 aromatic rings. The second-order valence-electron chi connectivity index (χ2n) is 5.27. The van der Waals surface area contributed by atoms with E-state index in [1.165, 1.54) is 12.0 Å². The smallest absolute Gasteiger partial charge is 0.0314 e. The number of nitrogen functional groups attached to an aromatic ring is 1. The maximum Gasteiger partial charge on any atom is 0.0314 e. The average Bonchev–Trinajstić information content (AvgIpc) is 2.30. The molecule has 1 rings (SSSR count). The van der Waals surface area contributed by atoms with Crippen molar-refractivity contribution < 1.29 is 0 Å². The summed E-state index contributed by atoms with van der Waals surface area (Å²) in [5, 5.41) is 3.52. The number of anilines is 1. The van der Waals surface area contributed by atoms with Crippen molar-refractivity contribution in [2.45, 2.75) is 33.6 Å². The molecule has 2 nitrogen and oxygen atoms in total. The van der Waals surface area contributed by atoms with Gasteiger partial charge in [-0.3, -0.25) is 0 Å². The van der Waals surface area contributed by atoms with Crippen LogP contribution >= 0.6 is 0 Å². The molecule has 0 aliphatic rings. The van der Waals surface area contributed by atoms with E-state index in [2.05, 4.69) is 38.2 Å². The molecular weight excluding hydrogens is 208 g/mol. The SMILES string of the molecule is CC(C)C(C)CNCCCc1ccc(N)cc1. The molecule has 17 heavy (non-hydrogen) atoms. The number of nitrogens with one attached hydrogen (secondary N) is 1. The summed E-state index contributed by atoms with van der Waals surface area (Å²) in [5.41, 5.74) is 7.87. The summed E-state index contributed by atoms with van der Waals surface area (Å²) in [4.78, 5) is 0. The molecule has 1 atom stereocenters. The summed E-state index contributed by atoms with van der Waals surface area (Å²) in [6.45, 7) is 9.08. The van der Waals surface area contributed by atoms with Gasteiger partial charge in [-0.15, -0.1) is 0 Å². The van der Waals surface area contributed by atoms with Crippen LogP contribution in [0.15, 0.2) is 24.3 Å². The van der Waals surface area contributed by atoms with Gasteiger partial charge in [-0.2, -0.15) is 0 Å². The molecule has 0 aromatic heterocycles. The zero-order valence-corrected chi connectivity index (χ0v) is 11.4. The van der Waals surface area contributed by atoms with Crippen molar-refractivity contribution in [1.29, 1.82) is 0 Å². The molecule has 1 unspecified atom stereocenters. The van der Waals surface area contributed by atoms with Crippen LogP contribution in [0.5, 0.6) is 0 Å². The van der Waals surface area contributed by atoms with E-state index in [0.717, 1.165) is 37.0 Å². The highest BCUT2D eigenvalue weighted by molar-refractivity contribution is 5.39. The number of nitrogens with two attached hydrogens (primary N) is 1. The maximum absolute atomic E-state index is 5.65. The van der Waals surface area contributed by atoms with Gasteiger partial charge in [-0.05, 0) is 55.5 Å². The lowest BCUT2D eigenvalue weighted by Crippen LogP contribution is -2.25. The van der Waals surface area contributed by atoms with Gasteiger partial charge in [-0.25, -0.2) is 0 Å². The summed E-state index contributed by atoms with van der Waals surface area (Å²) in [6.07, 6.45) is 2.32. The van der Waals surface area contributed by atoms with E-state index in [1.54, 1.807) is 0 Å². The third-order valence-corrected chi connectivity index (χ3v) is 3.40. The van der Waals surface area contributed by atoms with Gasteiger partial charge in [0.2, 0.25) is 0 Å². The van der Waals surface area contributed by atoms with Gasteiger partial charge in [-0.1, -0.05) is 32.9 Å². The first-order chi connectivity index (χ1) is 8.09. The molecule has 0 radical (unpaired) electrons. The Balaban J connectivity index is 2.10. The zero-order chi connectivity index (χ0) is 12.7. The first-order valence-electron chi connectivity index (χ1n) is 6.64. The number of benzene rings is 1. The molecule has 96 valence electrons. The molecule has 0 heterocycles. The summed E-state index contributed by atoms with van der Waals surface area (Å²) in [7, 11) is 0. The molecule has 0 aliphatic heterocycles. The van der Waals surface area contributed by atoms with Crippen molar-refractivity contribution in [3.05, 3.63) is 29.8 Å². The average molecular weight is 234 g/mol. The Bertz CT molecular complexity index is 303. The molecule has 3 N–H and O–H groups in total. The van der Waals surface area contributed by atoms with Crippen LogP contribution in [-0.2, 0) is 6.42 Å². The molecule has 0 saturated carbocycles. The van der Waals surface area contributed by atoms with Crippen LogP contribution in [0.3, 0.4) is 0 Å². The van der Waals surface area contributed by atoms with Crippen molar-refractivity contribution >= 4 is 5.69 Å². The quantitative estimate of drug-likeness (QED) is 0.562. The van der Waals surface area contributed by atoms with Crippen LogP contribution in [0.25, 0.3) is 0 Å². The lowest BCUT2D eigenvalue weighted by atomic mass is 9.98. The Hall–Kier alpha value is -1.02. The van der Waals surface area contributed by atoms with Crippen molar-refractivity contribution in [1.82, 2.24) is 5.32 Å². The lowest BCUT2D eigenvalue weighted by Gasteiger charge is -2.15. The summed E-state index contributed by atoms with van der Waals surface area (Å²) in [6, 6.07) is 8.19. The number of hydrogen-bond acceptors (Lipinski definition) is 2. The van der Waals surface area contributed by atoms with E-state index in [9.17, 15) is 0 Å². The molecule has 0 spiro atoms. The molecule has 0 fully saturated rings. The minimum Gasteiger partial charge on any atom is -0.399 e. The van der Waals surface area contributed by atoms with E-state index in [4.69, 9.17) is 5.73 Å². The van der Waals surface area contributed by atoms with Crippen LogP contribution in [0.1, 0.15) is 32.8 Å². The second kappa shape index (κ2) is 7.33. The Morgan fingerprint density at radius 1 is 1.12 bits per heavy atom. The van der Waals surface area contributed by atoms with Crippen LogP contribution < -0.4 is 11.1 Å². The molecular formula is C15H26N2. The fourth-order valence-electron chi connectivity index (χ4n) is 1.67. The topological polar surface area (TPSA) is 38.0 Å². The summed E-state index contributed by atoms with van der Waals surface area (Å²) in [5.74, 6) is 1.52. The summed E-state index contributed by atoms with van der Waals surface area (Å²) < 4.78 is 0. The van der Waals surface area contributed by atoms with E-state index >= 15 is 0 Å². The van der Waals surface area contributed by atoms with Gasteiger partial charge in [0.1, 0.15) is 0 Å². The first-order valence-corrected chi connectivity index (χ1v) is 6.64. The predicted molar refractivity (Wildman–Crippen MR) is 76.0 cm³/mol. The molecule has 0 bridgehead atoms. The van der Waals surface area contributed by atoms with Gasteiger partial charge in [0.15, 0.2) is 0 Å². The monoisotopic (exact) mass is 234 g/mol. The molecule has 0 saturated heterocycles. The summed E-state index contributed by atoms with van der Waals surface area (Å²) >= 11 is 0. The molecule has 0 aliphatic carbocycles. The van der Waals surface area contributed by atoms with Crippen LogP contribution in [0, 0.1) is 11.8 Å². The second-order valence-corrected chi connectivity index (χ2v) is 5.27. The van der Waals surface area contributed by atoms with Crippen LogP contribution in [0.2, 0.25) is 0 Å².